The van der Waals surface area contributed by atoms with Gasteiger partial charge in [0.2, 0.25) is 5.91 Å². The van der Waals surface area contributed by atoms with E-state index >= 15 is 0 Å². The number of anilines is 1. The second-order valence-electron chi connectivity index (χ2n) is 3.36. The number of halogens is 1. The molecule has 1 aromatic rings. The normalized spacial score (nSPS) is 12.2. The van der Waals surface area contributed by atoms with Crippen molar-refractivity contribution in [2.45, 2.75) is 25.8 Å². The largest absolute Gasteiger partial charge is 0.324 e. The second-order valence-corrected chi connectivity index (χ2v) is 4.22. The fourth-order valence-corrected chi connectivity index (χ4v) is 1.61. The van der Waals surface area contributed by atoms with Crippen LogP contribution in [0.5, 0.6) is 0 Å². The molecule has 0 saturated carbocycles. The molecule has 0 bridgehead atoms. The van der Waals surface area contributed by atoms with Crippen LogP contribution in [-0.4, -0.2) is 11.9 Å². The first kappa shape index (κ1) is 12.2. The molecule has 0 aliphatic rings. The van der Waals surface area contributed by atoms with Gasteiger partial charge in [0.05, 0.1) is 11.7 Å². The number of amides is 1. The maximum Gasteiger partial charge on any atom is 0.241 e. The van der Waals surface area contributed by atoms with Crippen molar-refractivity contribution in [3.05, 3.63) is 28.7 Å². The van der Waals surface area contributed by atoms with Crippen LogP contribution in [0.2, 0.25) is 0 Å². The highest BCUT2D eigenvalue weighted by molar-refractivity contribution is 9.10. The number of nitrogens with one attached hydrogen (secondary N) is 1. The van der Waals surface area contributed by atoms with Crippen LogP contribution in [0.25, 0.3) is 0 Å². The Morgan fingerprint density at radius 3 is 2.80 bits per heavy atom. The number of nitrogens with two attached hydrogens (primary N) is 1. The number of rotatable bonds is 4. The zero-order valence-corrected chi connectivity index (χ0v) is 10.3. The lowest BCUT2D eigenvalue weighted by molar-refractivity contribution is -0.117. The first-order valence-corrected chi connectivity index (χ1v) is 5.75. The number of hydrogen-bond donors (Lipinski definition) is 2. The van der Waals surface area contributed by atoms with Gasteiger partial charge in [0.15, 0.2) is 0 Å². The molecule has 1 rings (SSSR count). The standard InChI is InChI=1S/C11H15BrN2O/c1-2-5-9(13)11(15)14-10-7-4-3-6-8(10)12/h3-4,6-7,9H,2,5,13H2,1H3,(H,14,15)/t9-/m0/s1. The van der Waals surface area contributed by atoms with Crippen molar-refractivity contribution in [2.24, 2.45) is 5.73 Å². The second kappa shape index (κ2) is 5.88. The minimum absolute atomic E-state index is 0.135. The Hall–Kier alpha value is -0.870. The topological polar surface area (TPSA) is 55.1 Å². The monoisotopic (exact) mass is 270 g/mol. The van der Waals surface area contributed by atoms with E-state index < -0.39 is 6.04 Å². The van der Waals surface area contributed by atoms with Crippen LogP contribution in [0, 0.1) is 0 Å². The van der Waals surface area contributed by atoms with E-state index in [-0.39, 0.29) is 5.91 Å². The van der Waals surface area contributed by atoms with Crippen LogP contribution in [0.3, 0.4) is 0 Å². The molecule has 3 N–H and O–H groups in total. The van der Waals surface area contributed by atoms with Crippen molar-refractivity contribution in [1.82, 2.24) is 0 Å². The summed E-state index contributed by atoms with van der Waals surface area (Å²) in [5, 5.41) is 2.78. The van der Waals surface area contributed by atoms with Crippen molar-refractivity contribution in [3.8, 4) is 0 Å². The molecule has 0 saturated heterocycles. The van der Waals surface area contributed by atoms with E-state index in [1.54, 1.807) is 0 Å². The Morgan fingerprint density at radius 2 is 2.20 bits per heavy atom. The van der Waals surface area contributed by atoms with Crippen molar-refractivity contribution in [1.29, 1.82) is 0 Å². The van der Waals surface area contributed by atoms with Gasteiger partial charge in [-0.2, -0.15) is 0 Å². The third kappa shape index (κ3) is 3.64. The van der Waals surface area contributed by atoms with Gasteiger partial charge in [0, 0.05) is 4.47 Å². The van der Waals surface area contributed by atoms with E-state index in [2.05, 4.69) is 21.2 Å². The van der Waals surface area contributed by atoms with Crippen LogP contribution in [-0.2, 0) is 4.79 Å². The van der Waals surface area contributed by atoms with Gasteiger partial charge in [-0.3, -0.25) is 4.79 Å². The first-order chi connectivity index (χ1) is 7.15. The molecule has 0 fully saturated rings. The number of hydrogen-bond acceptors (Lipinski definition) is 2. The van der Waals surface area contributed by atoms with E-state index in [0.29, 0.717) is 6.42 Å². The van der Waals surface area contributed by atoms with Gasteiger partial charge in [-0.1, -0.05) is 25.5 Å². The van der Waals surface area contributed by atoms with E-state index in [9.17, 15) is 4.79 Å². The minimum atomic E-state index is -0.429. The zero-order chi connectivity index (χ0) is 11.3. The fraction of sp³-hybridized carbons (Fsp3) is 0.364. The lowest BCUT2D eigenvalue weighted by atomic mass is 10.1. The molecule has 1 aromatic carbocycles. The highest BCUT2D eigenvalue weighted by Crippen LogP contribution is 2.21. The van der Waals surface area contributed by atoms with Gasteiger partial charge in [-0.25, -0.2) is 0 Å². The van der Waals surface area contributed by atoms with E-state index in [0.717, 1.165) is 16.6 Å². The third-order valence-corrected chi connectivity index (χ3v) is 2.76. The molecule has 0 spiro atoms. The molecule has 82 valence electrons. The molecule has 0 aliphatic heterocycles. The number of para-hydroxylation sites is 1. The highest BCUT2D eigenvalue weighted by Gasteiger charge is 2.12. The van der Waals surface area contributed by atoms with Gasteiger partial charge in [0.1, 0.15) is 0 Å². The van der Waals surface area contributed by atoms with Crippen LogP contribution in [0.15, 0.2) is 28.7 Å². The molecule has 0 unspecified atom stereocenters. The lowest BCUT2D eigenvalue weighted by Gasteiger charge is -2.12. The van der Waals surface area contributed by atoms with Gasteiger partial charge in [0.25, 0.3) is 0 Å². The van der Waals surface area contributed by atoms with Crippen molar-refractivity contribution in [2.75, 3.05) is 5.32 Å². The number of benzene rings is 1. The SMILES string of the molecule is CCC[C@H](N)C(=O)Nc1ccccc1Br. The Balaban J connectivity index is 2.62. The summed E-state index contributed by atoms with van der Waals surface area (Å²) in [6.45, 7) is 2.01. The Bertz CT molecular complexity index is 341. The number of carbonyl (C=O) groups is 1. The van der Waals surface area contributed by atoms with Crippen LogP contribution in [0.1, 0.15) is 19.8 Å². The van der Waals surface area contributed by atoms with Gasteiger partial charge in [-0.05, 0) is 34.5 Å². The van der Waals surface area contributed by atoms with E-state index in [4.69, 9.17) is 5.73 Å². The molecule has 1 amide bonds. The average molecular weight is 271 g/mol. The smallest absolute Gasteiger partial charge is 0.241 e. The van der Waals surface area contributed by atoms with Crippen molar-refractivity contribution in [3.63, 3.8) is 0 Å². The average Bonchev–Trinajstić information content (AvgIpc) is 2.21. The predicted octanol–water partition coefficient (Wildman–Crippen LogP) is 2.52. The van der Waals surface area contributed by atoms with Crippen molar-refractivity contribution < 1.29 is 4.79 Å². The summed E-state index contributed by atoms with van der Waals surface area (Å²) >= 11 is 3.36. The molecular weight excluding hydrogens is 256 g/mol. The summed E-state index contributed by atoms with van der Waals surface area (Å²) in [4.78, 5) is 11.6. The zero-order valence-electron chi connectivity index (χ0n) is 8.66. The highest BCUT2D eigenvalue weighted by atomic mass is 79.9. The van der Waals surface area contributed by atoms with E-state index in [1.807, 2.05) is 31.2 Å². The molecule has 0 aliphatic carbocycles. The molecular formula is C11H15BrN2O. The summed E-state index contributed by atoms with van der Waals surface area (Å²) < 4.78 is 0.863. The molecule has 0 heterocycles. The summed E-state index contributed by atoms with van der Waals surface area (Å²) in [5.74, 6) is -0.135. The Morgan fingerprint density at radius 1 is 1.53 bits per heavy atom. The molecule has 0 aromatic heterocycles. The van der Waals surface area contributed by atoms with Crippen molar-refractivity contribution >= 4 is 27.5 Å². The van der Waals surface area contributed by atoms with Gasteiger partial charge in [-0.15, -0.1) is 0 Å². The van der Waals surface area contributed by atoms with Crippen LogP contribution >= 0.6 is 15.9 Å². The maximum absolute atomic E-state index is 11.6. The Labute approximate surface area is 98.2 Å². The van der Waals surface area contributed by atoms with Crippen LogP contribution in [0.4, 0.5) is 5.69 Å². The molecule has 15 heavy (non-hydrogen) atoms. The fourth-order valence-electron chi connectivity index (χ4n) is 1.23. The first-order valence-electron chi connectivity index (χ1n) is 4.96. The predicted molar refractivity (Wildman–Crippen MR) is 65.7 cm³/mol. The minimum Gasteiger partial charge on any atom is -0.324 e. The number of carbonyl (C=O) groups excluding carboxylic acids is 1. The molecule has 1 atom stereocenters. The third-order valence-electron chi connectivity index (χ3n) is 2.07. The summed E-state index contributed by atoms with van der Waals surface area (Å²) in [6.07, 6.45) is 1.61. The maximum atomic E-state index is 11.6. The summed E-state index contributed by atoms with van der Waals surface area (Å²) in [7, 11) is 0. The van der Waals surface area contributed by atoms with Gasteiger partial charge < -0.3 is 11.1 Å². The molecule has 4 heteroatoms. The van der Waals surface area contributed by atoms with Gasteiger partial charge >= 0.3 is 0 Å². The Kier molecular flexibility index (Phi) is 4.78. The van der Waals surface area contributed by atoms with E-state index in [1.165, 1.54) is 0 Å². The molecule has 0 radical (unpaired) electrons. The quantitative estimate of drug-likeness (QED) is 0.884. The lowest BCUT2D eigenvalue weighted by Crippen LogP contribution is -2.35. The van der Waals surface area contributed by atoms with Crippen LogP contribution < -0.4 is 11.1 Å². The summed E-state index contributed by atoms with van der Waals surface area (Å²) in [5.41, 5.74) is 6.46. The molecule has 3 nitrogen and oxygen atoms in total. The summed E-state index contributed by atoms with van der Waals surface area (Å²) in [6, 6.07) is 7.04.